The molecule has 2 rings (SSSR count). The molecule has 0 heterocycles. The van der Waals surface area contributed by atoms with Gasteiger partial charge in [-0.2, -0.15) is 0 Å². The third-order valence-electron chi connectivity index (χ3n) is 3.78. The van der Waals surface area contributed by atoms with Crippen molar-refractivity contribution in [2.24, 2.45) is 0 Å². The number of sulfonamides is 1. The van der Waals surface area contributed by atoms with E-state index in [-0.39, 0.29) is 41.6 Å². The standard InChI is InChI=1S/C21H25FN2O5S/c1-15(2)24-30(26,27)20-14-16(4-10-19(20)28-3)5-11-21(25)23-12-13-29-18-8-6-17(22)7-9-18/h4-11,14-15,24H,12-13H2,1-3H3,(H,23,25)/b11-5+. The average Bonchev–Trinajstić information content (AvgIpc) is 2.70. The van der Waals surface area contributed by atoms with E-state index in [1.54, 1.807) is 19.9 Å². The van der Waals surface area contributed by atoms with Gasteiger partial charge in [-0.15, -0.1) is 0 Å². The van der Waals surface area contributed by atoms with Gasteiger partial charge in [-0.3, -0.25) is 4.79 Å². The number of methoxy groups -OCH3 is 1. The van der Waals surface area contributed by atoms with Crippen LogP contribution in [0.4, 0.5) is 4.39 Å². The Morgan fingerprint density at radius 3 is 2.50 bits per heavy atom. The lowest BCUT2D eigenvalue weighted by atomic mass is 10.2. The van der Waals surface area contributed by atoms with E-state index in [2.05, 4.69) is 10.0 Å². The Hall–Kier alpha value is -2.91. The van der Waals surface area contributed by atoms with Gasteiger partial charge in [0.05, 0.1) is 13.7 Å². The summed E-state index contributed by atoms with van der Waals surface area (Å²) in [5.74, 6) is -0.000587. The number of carbonyl (C=O) groups is 1. The number of nitrogens with one attached hydrogen (secondary N) is 2. The Labute approximate surface area is 175 Å². The van der Waals surface area contributed by atoms with Crippen molar-refractivity contribution in [1.29, 1.82) is 0 Å². The Morgan fingerprint density at radius 2 is 1.87 bits per heavy atom. The Balaban J connectivity index is 1.95. The molecule has 0 aromatic heterocycles. The molecule has 2 N–H and O–H groups in total. The molecule has 0 spiro atoms. The van der Waals surface area contributed by atoms with Crippen molar-refractivity contribution in [1.82, 2.24) is 10.0 Å². The summed E-state index contributed by atoms with van der Waals surface area (Å²) < 4.78 is 50.9. The lowest BCUT2D eigenvalue weighted by Gasteiger charge is -2.13. The molecular formula is C21H25FN2O5S. The Morgan fingerprint density at radius 1 is 1.17 bits per heavy atom. The Bertz CT molecular complexity index is 989. The quantitative estimate of drug-likeness (QED) is 0.441. The second-order valence-electron chi connectivity index (χ2n) is 6.61. The summed E-state index contributed by atoms with van der Waals surface area (Å²) in [5.41, 5.74) is 0.526. The summed E-state index contributed by atoms with van der Waals surface area (Å²) in [6.45, 7) is 3.91. The van der Waals surface area contributed by atoms with Gasteiger partial charge in [-0.25, -0.2) is 17.5 Å². The van der Waals surface area contributed by atoms with Crippen LogP contribution in [0.15, 0.2) is 53.4 Å². The molecule has 0 saturated carbocycles. The molecule has 162 valence electrons. The van der Waals surface area contributed by atoms with Gasteiger partial charge in [-0.1, -0.05) is 6.07 Å². The van der Waals surface area contributed by atoms with Crippen LogP contribution in [0, 0.1) is 5.82 Å². The first-order valence-corrected chi connectivity index (χ1v) is 10.7. The molecule has 2 aromatic carbocycles. The van der Waals surface area contributed by atoms with E-state index in [0.717, 1.165) is 0 Å². The zero-order valence-corrected chi connectivity index (χ0v) is 17.8. The number of hydrogen-bond acceptors (Lipinski definition) is 5. The highest BCUT2D eigenvalue weighted by Gasteiger charge is 2.20. The van der Waals surface area contributed by atoms with Crippen molar-refractivity contribution in [2.75, 3.05) is 20.3 Å². The molecule has 0 atom stereocenters. The van der Waals surface area contributed by atoms with Crippen LogP contribution in [0.25, 0.3) is 6.08 Å². The average molecular weight is 437 g/mol. The molecule has 0 aliphatic carbocycles. The second kappa shape index (κ2) is 10.7. The third-order valence-corrected chi connectivity index (χ3v) is 5.46. The highest BCUT2D eigenvalue weighted by atomic mass is 32.2. The van der Waals surface area contributed by atoms with E-state index in [4.69, 9.17) is 9.47 Å². The fraction of sp³-hybridized carbons (Fsp3) is 0.286. The van der Waals surface area contributed by atoms with Crippen LogP contribution in [-0.4, -0.2) is 40.6 Å². The summed E-state index contributed by atoms with van der Waals surface area (Å²) >= 11 is 0. The van der Waals surface area contributed by atoms with Crippen LogP contribution in [0.2, 0.25) is 0 Å². The van der Waals surface area contributed by atoms with E-state index in [0.29, 0.717) is 11.3 Å². The molecule has 9 heteroatoms. The van der Waals surface area contributed by atoms with Crippen LogP contribution in [0.1, 0.15) is 19.4 Å². The molecule has 0 aliphatic heterocycles. The maximum Gasteiger partial charge on any atom is 0.244 e. The van der Waals surface area contributed by atoms with E-state index in [1.165, 1.54) is 55.7 Å². The van der Waals surface area contributed by atoms with Crippen molar-refractivity contribution in [3.05, 3.63) is 59.9 Å². The van der Waals surface area contributed by atoms with Crippen LogP contribution < -0.4 is 19.5 Å². The molecular weight excluding hydrogens is 411 g/mol. The normalized spacial score (nSPS) is 11.6. The topological polar surface area (TPSA) is 93.7 Å². The fourth-order valence-corrected chi connectivity index (χ4v) is 3.94. The maximum absolute atomic E-state index is 12.8. The summed E-state index contributed by atoms with van der Waals surface area (Å²) in [6.07, 6.45) is 2.80. The van der Waals surface area contributed by atoms with Gasteiger partial charge < -0.3 is 14.8 Å². The lowest BCUT2D eigenvalue weighted by molar-refractivity contribution is -0.116. The molecule has 0 aliphatic rings. The van der Waals surface area contributed by atoms with Crippen LogP contribution in [0.3, 0.4) is 0 Å². The smallest absolute Gasteiger partial charge is 0.244 e. The SMILES string of the molecule is COc1ccc(/C=C/C(=O)NCCOc2ccc(F)cc2)cc1S(=O)(=O)NC(C)C. The van der Waals surface area contributed by atoms with E-state index in [9.17, 15) is 17.6 Å². The molecule has 2 aromatic rings. The molecule has 30 heavy (non-hydrogen) atoms. The second-order valence-corrected chi connectivity index (χ2v) is 8.30. The van der Waals surface area contributed by atoms with Gasteiger partial charge >= 0.3 is 0 Å². The van der Waals surface area contributed by atoms with E-state index < -0.39 is 10.0 Å². The maximum atomic E-state index is 12.8. The number of halogens is 1. The first kappa shape index (κ1) is 23.4. The molecule has 1 amide bonds. The molecule has 0 bridgehead atoms. The monoisotopic (exact) mass is 436 g/mol. The first-order valence-electron chi connectivity index (χ1n) is 9.26. The number of benzene rings is 2. The summed E-state index contributed by atoms with van der Waals surface area (Å²) in [4.78, 5) is 12.0. The zero-order chi connectivity index (χ0) is 22.1. The largest absolute Gasteiger partial charge is 0.495 e. The Kier molecular flexibility index (Phi) is 8.37. The summed E-state index contributed by atoms with van der Waals surface area (Å²) in [5, 5.41) is 2.65. The lowest BCUT2D eigenvalue weighted by Crippen LogP contribution is -2.30. The van der Waals surface area contributed by atoms with Crippen molar-refractivity contribution >= 4 is 22.0 Å². The van der Waals surface area contributed by atoms with Gasteiger partial charge in [0.15, 0.2) is 0 Å². The fourth-order valence-electron chi connectivity index (χ4n) is 2.49. The summed E-state index contributed by atoms with van der Waals surface area (Å²) in [7, 11) is -2.37. The highest BCUT2D eigenvalue weighted by Crippen LogP contribution is 2.25. The minimum atomic E-state index is -3.76. The van der Waals surface area contributed by atoms with Gasteiger partial charge in [-0.05, 0) is 61.9 Å². The molecule has 0 unspecified atom stereocenters. The van der Waals surface area contributed by atoms with Crippen molar-refractivity contribution in [2.45, 2.75) is 24.8 Å². The number of hydrogen-bond donors (Lipinski definition) is 2. The first-order chi connectivity index (χ1) is 14.2. The molecule has 0 fully saturated rings. The minimum absolute atomic E-state index is 0.00560. The molecule has 7 nitrogen and oxygen atoms in total. The van der Waals surface area contributed by atoms with Gasteiger partial charge in [0.1, 0.15) is 28.8 Å². The number of carbonyl (C=O) groups excluding carboxylic acids is 1. The van der Waals surface area contributed by atoms with Crippen molar-refractivity contribution in [3.8, 4) is 11.5 Å². The predicted octanol–water partition coefficient (Wildman–Crippen LogP) is 2.73. The molecule has 0 saturated heterocycles. The van der Waals surface area contributed by atoms with Crippen molar-refractivity contribution in [3.63, 3.8) is 0 Å². The van der Waals surface area contributed by atoms with Crippen LogP contribution >= 0.6 is 0 Å². The minimum Gasteiger partial charge on any atom is -0.495 e. The van der Waals surface area contributed by atoms with Gasteiger partial charge in [0.2, 0.25) is 15.9 Å². The number of amides is 1. The molecule has 0 radical (unpaired) electrons. The van der Waals surface area contributed by atoms with Crippen LogP contribution in [0.5, 0.6) is 11.5 Å². The third kappa shape index (κ3) is 7.16. The van der Waals surface area contributed by atoms with Crippen molar-refractivity contribution < 1.29 is 27.1 Å². The van der Waals surface area contributed by atoms with E-state index in [1.807, 2.05) is 0 Å². The number of ether oxygens (including phenoxy) is 2. The van der Waals surface area contributed by atoms with Gasteiger partial charge in [0.25, 0.3) is 0 Å². The van der Waals surface area contributed by atoms with Gasteiger partial charge in [0, 0.05) is 12.1 Å². The predicted molar refractivity (Wildman–Crippen MR) is 112 cm³/mol. The highest BCUT2D eigenvalue weighted by molar-refractivity contribution is 7.89. The van der Waals surface area contributed by atoms with E-state index >= 15 is 0 Å². The van der Waals surface area contributed by atoms with Crippen LogP contribution in [-0.2, 0) is 14.8 Å². The summed E-state index contributed by atoms with van der Waals surface area (Å²) in [6, 6.07) is 9.92. The zero-order valence-electron chi connectivity index (χ0n) is 17.0. The number of rotatable bonds is 10.